The smallest absolute Gasteiger partial charge is 0.316 e. The highest BCUT2D eigenvalue weighted by molar-refractivity contribution is 9.10. The predicted molar refractivity (Wildman–Crippen MR) is 126 cm³/mol. The molecule has 5 nitrogen and oxygen atoms in total. The minimum atomic E-state index is -0.284. The molecule has 0 atom stereocenters. The molecule has 1 aromatic heterocycles. The molecule has 1 heterocycles. The van der Waals surface area contributed by atoms with Crippen LogP contribution in [0.15, 0.2) is 76.6 Å². The van der Waals surface area contributed by atoms with Crippen molar-refractivity contribution in [3.63, 3.8) is 0 Å². The normalized spacial score (nSPS) is 13.5. The van der Waals surface area contributed by atoms with Crippen molar-refractivity contribution in [2.24, 2.45) is 0 Å². The molecule has 0 radical (unpaired) electrons. The fraction of sp³-hybridized carbons (Fsp3) is 0.208. The Balaban J connectivity index is 1.37. The van der Waals surface area contributed by atoms with Gasteiger partial charge in [0.1, 0.15) is 6.61 Å². The topological polar surface area (TPSA) is 57.0 Å². The fourth-order valence-electron chi connectivity index (χ4n) is 3.70. The predicted octanol–water partition coefficient (Wildman–Crippen LogP) is 5.90. The zero-order chi connectivity index (χ0) is 21.2. The van der Waals surface area contributed by atoms with E-state index in [0.717, 1.165) is 16.6 Å². The number of ether oxygens (including phenoxy) is 1. The van der Waals surface area contributed by atoms with E-state index in [2.05, 4.69) is 62.5 Å². The number of fused-ring (bicyclic) bond motifs is 1. The largest absolute Gasteiger partial charge is 0.460 e. The molecule has 0 aliphatic heterocycles. The maximum absolute atomic E-state index is 12.3. The summed E-state index contributed by atoms with van der Waals surface area (Å²) in [7, 11) is 0. The molecule has 31 heavy (non-hydrogen) atoms. The molecule has 3 aromatic carbocycles. The van der Waals surface area contributed by atoms with Crippen LogP contribution < -0.4 is 0 Å². The third-order valence-electron chi connectivity index (χ3n) is 5.35. The van der Waals surface area contributed by atoms with Crippen molar-refractivity contribution >= 4 is 44.4 Å². The van der Waals surface area contributed by atoms with E-state index in [0.29, 0.717) is 15.8 Å². The van der Waals surface area contributed by atoms with E-state index >= 15 is 0 Å². The third kappa shape index (κ3) is 4.38. The van der Waals surface area contributed by atoms with Gasteiger partial charge in [-0.1, -0.05) is 72.4 Å². The van der Waals surface area contributed by atoms with Crippen molar-refractivity contribution in [2.45, 2.75) is 30.5 Å². The standard InChI is InChI=1S/C24H20BrN3O2S/c25-23-26-27-24(31-15-22(29)30-14-16-6-2-1-3-7-16)28(23)21-13-12-18(17-10-11-17)19-8-4-5-9-20(19)21/h1-9,12-13,17H,10-11,14-15H2. The molecular formula is C24H20BrN3O2S. The van der Waals surface area contributed by atoms with E-state index in [-0.39, 0.29) is 18.3 Å². The van der Waals surface area contributed by atoms with Gasteiger partial charge in [0.2, 0.25) is 4.73 Å². The molecule has 1 fully saturated rings. The van der Waals surface area contributed by atoms with Gasteiger partial charge in [-0.15, -0.1) is 10.2 Å². The van der Waals surface area contributed by atoms with Gasteiger partial charge in [0, 0.05) is 5.39 Å². The van der Waals surface area contributed by atoms with Crippen molar-refractivity contribution in [3.8, 4) is 5.69 Å². The Kier molecular flexibility index (Phi) is 5.78. The average Bonchev–Trinajstić information content (AvgIpc) is 3.59. The average molecular weight is 494 g/mol. The summed E-state index contributed by atoms with van der Waals surface area (Å²) in [5.74, 6) is 0.542. The van der Waals surface area contributed by atoms with Crippen LogP contribution in [0, 0.1) is 0 Å². The molecule has 0 bridgehead atoms. The van der Waals surface area contributed by atoms with E-state index < -0.39 is 0 Å². The lowest BCUT2D eigenvalue weighted by Gasteiger charge is -2.14. The van der Waals surface area contributed by atoms with Gasteiger partial charge in [-0.3, -0.25) is 9.36 Å². The van der Waals surface area contributed by atoms with Crippen molar-refractivity contribution in [1.82, 2.24) is 14.8 Å². The first-order chi connectivity index (χ1) is 15.2. The number of hydrogen-bond donors (Lipinski definition) is 0. The van der Waals surface area contributed by atoms with Crippen LogP contribution in [-0.4, -0.2) is 26.5 Å². The Morgan fingerprint density at radius 1 is 1.00 bits per heavy atom. The SMILES string of the molecule is O=C(CSc1nnc(Br)n1-c1ccc(C2CC2)c2ccccc12)OCc1ccccc1. The van der Waals surface area contributed by atoms with Crippen LogP contribution in [-0.2, 0) is 16.1 Å². The minimum Gasteiger partial charge on any atom is -0.460 e. The van der Waals surface area contributed by atoms with Crippen molar-refractivity contribution < 1.29 is 9.53 Å². The second-order valence-corrected chi connectivity index (χ2v) is 9.17. The number of thioether (sulfide) groups is 1. The number of aromatic nitrogens is 3. The summed E-state index contributed by atoms with van der Waals surface area (Å²) < 4.78 is 7.95. The van der Waals surface area contributed by atoms with Gasteiger partial charge >= 0.3 is 5.97 Å². The molecule has 4 aromatic rings. The van der Waals surface area contributed by atoms with Crippen LogP contribution >= 0.6 is 27.7 Å². The summed E-state index contributed by atoms with van der Waals surface area (Å²) in [6, 6.07) is 22.4. The summed E-state index contributed by atoms with van der Waals surface area (Å²) in [5, 5.41) is 11.5. The van der Waals surface area contributed by atoms with Crippen LogP contribution in [0.3, 0.4) is 0 Å². The Hall–Kier alpha value is -2.64. The van der Waals surface area contributed by atoms with E-state index in [9.17, 15) is 4.79 Å². The van der Waals surface area contributed by atoms with Gasteiger partial charge in [0.05, 0.1) is 11.4 Å². The van der Waals surface area contributed by atoms with Crippen LogP contribution in [0.2, 0.25) is 0 Å². The number of nitrogens with zero attached hydrogens (tertiary/aromatic N) is 3. The Labute approximate surface area is 193 Å². The lowest BCUT2D eigenvalue weighted by molar-refractivity contribution is -0.141. The number of carbonyl (C=O) groups is 1. The molecule has 0 unspecified atom stereocenters. The zero-order valence-corrected chi connectivity index (χ0v) is 19.1. The number of carbonyl (C=O) groups excluding carboxylic acids is 1. The number of benzene rings is 3. The number of esters is 1. The molecule has 7 heteroatoms. The van der Waals surface area contributed by atoms with Gasteiger partial charge < -0.3 is 4.74 Å². The van der Waals surface area contributed by atoms with Gasteiger partial charge in [-0.2, -0.15) is 0 Å². The minimum absolute atomic E-state index is 0.163. The molecule has 5 rings (SSSR count). The molecule has 0 N–H and O–H groups in total. The van der Waals surface area contributed by atoms with Gasteiger partial charge in [0.25, 0.3) is 0 Å². The van der Waals surface area contributed by atoms with Crippen molar-refractivity contribution in [2.75, 3.05) is 5.75 Å². The summed E-state index contributed by atoms with van der Waals surface area (Å²) in [6.07, 6.45) is 2.51. The first-order valence-corrected chi connectivity index (χ1v) is 11.9. The second kappa shape index (κ2) is 8.85. The van der Waals surface area contributed by atoms with E-state index in [4.69, 9.17) is 4.74 Å². The molecular weight excluding hydrogens is 474 g/mol. The van der Waals surface area contributed by atoms with Gasteiger partial charge in [-0.25, -0.2) is 0 Å². The molecule has 156 valence electrons. The molecule has 0 amide bonds. The van der Waals surface area contributed by atoms with Crippen LogP contribution in [0.5, 0.6) is 0 Å². The monoisotopic (exact) mass is 493 g/mol. The highest BCUT2D eigenvalue weighted by atomic mass is 79.9. The summed E-state index contributed by atoms with van der Waals surface area (Å²) in [6.45, 7) is 0.268. The van der Waals surface area contributed by atoms with Gasteiger partial charge in [0.15, 0.2) is 5.16 Å². The summed E-state index contributed by atoms with van der Waals surface area (Å²) >= 11 is 4.85. The first kappa shape index (κ1) is 20.3. The lowest BCUT2D eigenvalue weighted by atomic mass is 9.99. The Bertz CT molecular complexity index is 1240. The molecule has 0 spiro atoms. The van der Waals surface area contributed by atoms with Crippen molar-refractivity contribution in [3.05, 3.63) is 82.6 Å². The zero-order valence-electron chi connectivity index (χ0n) is 16.7. The maximum atomic E-state index is 12.3. The number of halogens is 1. The summed E-state index contributed by atoms with van der Waals surface area (Å²) in [4.78, 5) is 12.3. The molecule has 0 saturated heterocycles. The number of rotatable bonds is 7. The van der Waals surface area contributed by atoms with E-state index in [1.54, 1.807) is 0 Å². The number of hydrogen-bond acceptors (Lipinski definition) is 5. The van der Waals surface area contributed by atoms with Crippen LogP contribution in [0.4, 0.5) is 0 Å². The van der Waals surface area contributed by atoms with Gasteiger partial charge in [-0.05, 0) is 57.3 Å². The van der Waals surface area contributed by atoms with Crippen LogP contribution in [0.1, 0.15) is 29.9 Å². The van der Waals surface area contributed by atoms with Crippen LogP contribution in [0.25, 0.3) is 16.5 Å². The highest BCUT2D eigenvalue weighted by Gasteiger charge is 2.26. The highest BCUT2D eigenvalue weighted by Crippen LogP contribution is 2.44. The van der Waals surface area contributed by atoms with Crippen molar-refractivity contribution in [1.29, 1.82) is 0 Å². The first-order valence-electron chi connectivity index (χ1n) is 10.2. The Morgan fingerprint density at radius 2 is 1.74 bits per heavy atom. The molecule has 1 saturated carbocycles. The Morgan fingerprint density at radius 3 is 2.52 bits per heavy atom. The fourth-order valence-corrected chi connectivity index (χ4v) is 5.00. The molecule has 1 aliphatic rings. The molecule has 1 aliphatic carbocycles. The van der Waals surface area contributed by atoms with E-state index in [1.807, 2.05) is 34.9 Å². The summed E-state index contributed by atoms with van der Waals surface area (Å²) in [5.41, 5.74) is 3.37. The second-order valence-electron chi connectivity index (χ2n) is 7.52. The maximum Gasteiger partial charge on any atom is 0.316 e. The lowest BCUT2D eigenvalue weighted by Crippen LogP contribution is -2.08. The van der Waals surface area contributed by atoms with E-state index in [1.165, 1.54) is 35.6 Å². The third-order valence-corrected chi connectivity index (χ3v) is 6.76. The quantitative estimate of drug-likeness (QED) is 0.237.